The van der Waals surface area contributed by atoms with Crippen LogP contribution in [0.5, 0.6) is 0 Å². The first kappa shape index (κ1) is 19.6. The third kappa shape index (κ3) is 10.1. The second-order valence-electron chi connectivity index (χ2n) is 5.62. The molecule has 0 radical (unpaired) electrons. The lowest BCUT2D eigenvalue weighted by atomic mass is 10.1. The predicted octanol–water partition coefficient (Wildman–Crippen LogP) is 6.64. The van der Waals surface area contributed by atoms with Crippen molar-refractivity contribution < 1.29 is 9.18 Å². The summed E-state index contributed by atoms with van der Waals surface area (Å²) >= 11 is 5.62. The Bertz CT molecular complexity index is 494. The monoisotopic (exact) mass is 336 g/mol. The van der Waals surface area contributed by atoms with Crippen LogP contribution >= 0.6 is 11.6 Å². The van der Waals surface area contributed by atoms with Crippen molar-refractivity contribution in [1.82, 2.24) is 0 Å². The average Bonchev–Trinajstić information content (AvgIpc) is 2.58. The maximum atomic E-state index is 13.6. The van der Waals surface area contributed by atoms with E-state index in [1.807, 2.05) is 18.2 Å². The van der Waals surface area contributed by atoms with Crippen molar-refractivity contribution in [3.8, 4) is 0 Å². The number of rotatable bonds is 12. The maximum Gasteiger partial charge on any atom is 0.185 e. The number of ketones is 1. The van der Waals surface area contributed by atoms with Crippen molar-refractivity contribution in [1.29, 1.82) is 0 Å². The molecule has 1 aromatic rings. The first-order chi connectivity index (χ1) is 11.2. The number of alkyl halides is 1. The molecule has 0 spiro atoms. The van der Waals surface area contributed by atoms with Gasteiger partial charge in [0.15, 0.2) is 5.78 Å². The average molecular weight is 337 g/mol. The number of benzene rings is 1. The molecule has 0 aromatic heterocycles. The van der Waals surface area contributed by atoms with Gasteiger partial charge in [0.2, 0.25) is 0 Å². The van der Waals surface area contributed by atoms with E-state index in [1.165, 1.54) is 37.5 Å². The molecule has 0 saturated carbocycles. The summed E-state index contributed by atoms with van der Waals surface area (Å²) in [5, 5.41) is 0. The lowest BCUT2D eigenvalue weighted by Gasteiger charge is -2.00. The zero-order valence-corrected chi connectivity index (χ0v) is 14.4. The predicted molar refractivity (Wildman–Crippen MR) is 96.8 cm³/mol. The highest BCUT2D eigenvalue weighted by Crippen LogP contribution is 2.13. The summed E-state index contributed by atoms with van der Waals surface area (Å²) < 4.78 is 13.6. The van der Waals surface area contributed by atoms with Gasteiger partial charge in [0.1, 0.15) is 0 Å². The molecule has 0 heterocycles. The van der Waals surface area contributed by atoms with Crippen LogP contribution in [0.25, 0.3) is 0 Å². The topological polar surface area (TPSA) is 17.1 Å². The molecule has 0 unspecified atom stereocenters. The van der Waals surface area contributed by atoms with E-state index in [4.69, 9.17) is 11.6 Å². The van der Waals surface area contributed by atoms with Gasteiger partial charge in [-0.15, -0.1) is 11.6 Å². The molecule has 0 fully saturated rings. The SMILES string of the molecule is O=C(/C=C/C=C(/F)CCCCCCCCCCl)c1ccccc1. The number of carbonyl (C=O) groups excluding carboxylic acids is 1. The molecule has 0 amide bonds. The highest BCUT2D eigenvalue weighted by Gasteiger charge is 1.99. The van der Waals surface area contributed by atoms with Gasteiger partial charge < -0.3 is 0 Å². The van der Waals surface area contributed by atoms with Crippen molar-refractivity contribution in [2.75, 3.05) is 5.88 Å². The Hall–Kier alpha value is -1.41. The quantitative estimate of drug-likeness (QED) is 0.137. The van der Waals surface area contributed by atoms with E-state index in [0.29, 0.717) is 12.0 Å². The lowest BCUT2D eigenvalue weighted by molar-refractivity contribution is 0.104. The summed E-state index contributed by atoms with van der Waals surface area (Å²) in [5.41, 5.74) is 0.617. The summed E-state index contributed by atoms with van der Waals surface area (Å²) in [5.74, 6) is 0.479. The Morgan fingerprint density at radius 3 is 2.22 bits per heavy atom. The van der Waals surface area contributed by atoms with Gasteiger partial charge in [-0.25, -0.2) is 4.39 Å². The van der Waals surface area contributed by atoms with E-state index in [-0.39, 0.29) is 11.6 Å². The molecule has 0 N–H and O–H groups in total. The minimum absolute atomic E-state index is 0.105. The van der Waals surface area contributed by atoms with Crippen LogP contribution < -0.4 is 0 Å². The van der Waals surface area contributed by atoms with E-state index in [0.717, 1.165) is 31.6 Å². The molecule has 0 aliphatic rings. The summed E-state index contributed by atoms with van der Waals surface area (Å²) in [6, 6.07) is 8.98. The number of hydrogen-bond acceptors (Lipinski definition) is 1. The molecule has 1 aromatic carbocycles. The summed E-state index contributed by atoms with van der Waals surface area (Å²) in [7, 11) is 0. The van der Waals surface area contributed by atoms with Crippen LogP contribution in [0, 0.1) is 0 Å². The van der Waals surface area contributed by atoms with Gasteiger partial charge in [-0.1, -0.05) is 68.5 Å². The van der Waals surface area contributed by atoms with Gasteiger partial charge in [0, 0.05) is 11.4 Å². The van der Waals surface area contributed by atoms with E-state index in [2.05, 4.69) is 0 Å². The van der Waals surface area contributed by atoms with Crippen molar-refractivity contribution in [2.45, 2.75) is 51.4 Å². The number of unbranched alkanes of at least 4 members (excludes halogenated alkanes) is 6. The van der Waals surface area contributed by atoms with Crippen molar-refractivity contribution in [3.63, 3.8) is 0 Å². The molecule has 0 bridgehead atoms. The Morgan fingerprint density at radius 2 is 1.57 bits per heavy atom. The van der Waals surface area contributed by atoms with Crippen LogP contribution in [0.2, 0.25) is 0 Å². The van der Waals surface area contributed by atoms with Gasteiger partial charge in [0.25, 0.3) is 0 Å². The zero-order chi connectivity index (χ0) is 16.8. The molecule has 23 heavy (non-hydrogen) atoms. The van der Waals surface area contributed by atoms with Crippen molar-refractivity contribution in [2.24, 2.45) is 0 Å². The summed E-state index contributed by atoms with van der Waals surface area (Å²) in [6.07, 6.45) is 12.5. The van der Waals surface area contributed by atoms with Crippen LogP contribution in [-0.2, 0) is 0 Å². The third-order valence-corrected chi connectivity index (χ3v) is 3.90. The molecule has 0 aliphatic carbocycles. The fourth-order valence-corrected chi connectivity index (χ4v) is 2.48. The third-order valence-electron chi connectivity index (χ3n) is 3.63. The molecule has 3 heteroatoms. The van der Waals surface area contributed by atoms with Crippen molar-refractivity contribution in [3.05, 3.63) is 60.0 Å². The zero-order valence-electron chi connectivity index (χ0n) is 13.6. The first-order valence-corrected chi connectivity index (χ1v) is 8.95. The second kappa shape index (κ2) is 13.1. The Balaban J connectivity index is 2.14. The number of halogens is 2. The van der Waals surface area contributed by atoms with Crippen molar-refractivity contribution >= 4 is 17.4 Å². The molecular formula is C20H26ClFO. The normalized spacial score (nSPS) is 12.0. The van der Waals surface area contributed by atoms with Crippen LogP contribution in [0.15, 0.2) is 54.4 Å². The molecule has 1 nitrogen and oxygen atoms in total. The smallest absolute Gasteiger partial charge is 0.185 e. The van der Waals surface area contributed by atoms with Gasteiger partial charge in [-0.2, -0.15) is 0 Å². The minimum atomic E-state index is -0.163. The van der Waals surface area contributed by atoms with E-state index >= 15 is 0 Å². The summed E-state index contributed by atoms with van der Waals surface area (Å²) in [4.78, 5) is 11.8. The maximum absolute atomic E-state index is 13.6. The molecule has 1 rings (SSSR count). The van der Waals surface area contributed by atoms with Crippen LogP contribution in [0.1, 0.15) is 61.7 Å². The standard InChI is InChI=1S/C20H26ClFO/c21-17-10-5-3-1-2-4-9-14-19(22)15-11-16-20(23)18-12-7-6-8-13-18/h6-8,11-13,15-16H,1-5,9-10,14,17H2/b16-11+,19-15+. The van der Waals surface area contributed by atoms with Crippen LogP contribution in [0.3, 0.4) is 0 Å². The molecule has 0 atom stereocenters. The van der Waals surface area contributed by atoms with E-state index in [1.54, 1.807) is 12.1 Å². The lowest BCUT2D eigenvalue weighted by Crippen LogP contribution is -1.92. The fourth-order valence-electron chi connectivity index (χ4n) is 2.29. The van der Waals surface area contributed by atoms with Gasteiger partial charge in [-0.05, 0) is 31.4 Å². The molecule has 0 aliphatic heterocycles. The largest absolute Gasteiger partial charge is 0.289 e. The van der Waals surface area contributed by atoms with Crippen LogP contribution in [0.4, 0.5) is 4.39 Å². The Kier molecular flexibility index (Phi) is 11.2. The Morgan fingerprint density at radius 1 is 0.957 bits per heavy atom. The van der Waals surface area contributed by atoms with Gasteiger partial charge in [0.05, 0.1) is 5.83 Å². The van der Waals surface area contributed by atoms with Crippen LogP contribution in [-0.4, -0.2) is 11.7 Å². The molecule has 0 saturated heterocycles. The summed E-state index contributed by atoms with van der Waals surface area (Å²) in [6.45, 7) is 0. The minimum Gasteiger partial charge on any atom is -0.289 e. The molecular weight excluding hydrogens is 311 g/mol. The number of carbonyl (C=O) groups is 1. The first-order valence-electron chi connectivity index (χ1n) is 8.42. The highest BCUT2D eigenvalue weighted by molar-refractivity contribution is 6.17. The fraction of sp³-hybridized carbons (Fsp3) is 0.450. The van der Waals surface area contributed by atoms with E-state index in [9.17, 15) is 9.18 Å². The highest BCUT2D eigenvalue weighted by atomic mass is 35.5. The molecule has 126 valence electrons. The Labute approximate surface area is 144 Å². The van der Waals surface area contributed by atoms with Gasteiger partial charge >= 0.3 is 0 Å². The number of allylic oxidation sites excluding steroid dienone is 4. The van der Waals surface area contributed by atoms with E-state index < -0.39 is 0 Å². The number of hydrogen-bond donors (Lipinski definition) is 0. The van der Waals surface area contributed by atoms with Gasteiger partial charge in [-0.3, -0.25) is 4.79 Å². The second-order valence-corrected chi connectivity index (χ2v) is 5.99.